The van der Waals surface area contributed by atoms with E-state index in [0.29, 0.717) is 28.0 Å². The Morgan fingerprint density at radius 1 is 1.06 bits per heavy atom. The second-order valence-electron chi connectivity index (χ2n) is 6.70. The van der Waals surface area contributed by atoms with Gasteiger partial charge in [-0.1, -0.05) is 22.8 Å². The normalized spacial score (nSPS) is 10.8. The van der Waals surface area contributed by atoms with Crippen LogP contribution in [0.3, 0.4) is 0 Å². The summed E-state index contributed by atoms with van der Waals surface area (Å²) in [5.74, 6) is 1.19. The summed E-state index contributed by atoms with van der Waals surface area (Å²) >= 11 is 5.88. The van der Waals surface area contributed by atoms with Crippen molar-refractivity contribution in [3.8, 4) is 17.2 Å². The summed E-state index contributed by atoms with van der Waals surface area (Å²) in [7, 11) is 0. The van der Waals surface area contributed by atoms with Gasteiger partial charge >= 0.3 is 5.97 Å². The predicted molar refractivity (Wildman–Crippen MR) is 111 cm³/mol. The van der Waals surface area contributed by atoms with Gasteiger partial charge in [-0.15, -0.1) is 10.2 Å². The topological polar surface area (TPSA) is 100 Å². The number of hydrogen-bond donors (Lipinski definition) is 0. The molecule has 0 fully saturated rings. The lowest BCUT2D eigenvalue weighted by molar-refractivity contribution is 0.0438. The van der Waals surface area contributed by atoms with Crippen LogP contribution >= 0.6 is 11.6 Å². The molecule has 0 aliphatic heterocycles. The molecule has 0 saturated carbocycles. The number of carbonyl (C=O) groups is 1. The summed E-state index contributed by atoms with van der Waals surface area (Å²) in [6.07, 6.45) is 0. The maximum atomic E-state index is 12.4. The summed E-state index contributed by atoms with van der Waals surface area (Å²) in [6, 6.07) is 13.7. The van der Waals surface area contributed by atoms with E-state index in [1.807, 2.05) is 13.8 Å². The molecule has 0 aliphatic rings. The number of esters is 1. The van der Waals surface area contributed by atoms with Crippen LogP contribution in [0.15, 0.2) is 57.5 Å². The fourth-order valence-corrected chi connectivity index (χ4v) is 2.93. The lowest BCUT2D eigenvalue weighted by Crippen LogP contribution is -2.06. The zero-order chi connectivity index (χ0) is 21.8. The Kier molecular flexibility index (Phi) is 5.99. The van der Waals surface area contributed by atoms with E-state index in [9.17, 15) is 4.79 Å². The van der Waals surface area contributed by atoms with Crippen LogP contribution in [-0.4, -0.2) is 21.3 Å². The molecule has 0 aliphatic carbocycles. The molecule has 0 bridgehead atoms. The molecule has 31 heavy (non-hydrogen) atoms. The second-order valence-corrected chi connectivity index (χ2v) is 7.14. The number of benzene rings is 2. The Labute approximate surface area is 182 Å². The summed E-state index contributed by atoms with van der Waals surface area (Å²) in [5, 5.41) is 12.4. The number of ether oxygens (including phenoxy) is 2. The first-order valence-corrected chi connectivity index (χ1v) is 9.77. The lowest BCUT2D eigenvalue weighted by atomic mass is 10.2. The molecule has 4 rings (SSSR count). The molecule has 2 aromatic heterocycles. The second kappa shape index (κ2) is 9.01. The highest BCUT2D eigenvalue weighted by atomic mass is 35.5. The van der Waals surface area contributed by atoms with Crippen LogP contribution in [0, 0.1) is 13.8 Å². The summed E-state index contributed by atoms with van der Waals surface area (Å²) < 4.78 is 21.7. The SMILES string of the molecule is Cc1noc(C)c1COc1cccc(C(=O)OCc2nnc(-c3ccc(Cl)cc3)o2)c1. The molecule has 158 valence electrons. The maximum absolute atomic E-state index is 12.4. The van der Waals surface area contributed by atoms with Gasteiger partial charge in [-0.2, -0.15) is 0 Å². The van der Waals surface area contributed by atoms with Crippen LogP contribution < -0.4 is 4.74 Å². The van der Waals surface area contributed by atoms with E-state index in [1.165, 1.54) is 0 Å². The van der Waals surface area contributed by atoms with E-state index >= 15 is 0 Å². The minimum Gasteiger partial charge on any atom is -0.489 e. The van der Waals surface area contributed by atoms with Crippen molar-refractivity contribution in [2.24, 2.45) is 0 Å². The van der Waals surface area contributed by atoms with Crippen molar-refractivity contribution in [1.29, 1.82) is 0 Å². The zero-order valence-electron chi connectivity index (χ0n) is 16.8. The maximum Gasteiger partial charge on any atom is 0.338 e. The van der Waals surface area contributed by atoms with Crippen molar-refractivity contribution >= 4 is 17.6 Å². The molecule has 2 heterocycles. The molecule has 0 N–H and O–H groups in total. The molecule has 0 amide bonds. The molecule has 2 aromatic carbocycles. The van der Waals surface area contributed by atoms with Crippen LogP contribution in [0.5, 0.6) is 5.75 Å². The number of carbonyl (C=O) groups excluding carboxylic acids is 1. The molecular formula is C22H18ClN3O5. The Morgan fingerprint density at radius 3 is 2.61 bits per heavy atom. The molecule has 0 radical (unpaired) electrons. The number of hydrogen-bond acceptors (Lipinski definition) is 8. The summed E-state index contributed by atoms with van der Waals surface area (Å²) in [4.78, 5) is 12.4. The largest absolute Gasteiger partial charge is 0.489 e. The van der Waals surface area contributed by atoms with Gasteiger partial charge in [-0.05, 0) is 56.3 Å². The van der Waals surface area contributed by atoms with Crippen LogP contribution in [0.4, 0.5) is 0 Å². The minimum absolute atomic E-state index is 0.149. The third-order valence-electron chi connectivity index (χ3n) is 4.52. The van der Waals surface area contributed by atoms with Crippen molar-refractivity contribution in [3.05, 3.63) is 82.0 Å². The highest BCUT2D eigenvalue weighted by molar-refractivity contribution is 6.30. The van der Waals surface area contributed by atoms with E-state index in [4.69, 9.17) is 30.0 Å². The van der Waals surface area contributed by atoms with Crippen LogP contribution in [0.2, 0.25) is 5.02 Å². The highest BCUT2D eigenvalue weighted by Crippen LogP contribution is 2.21. The standard InChI is InChI=1S/C22H18ClN3O5/c1-13-19(14(2)31-26-13)11-28-18-5-3-4-16(10-18)22(27)29-12-20-24-25-21(30-20)15-6-8-17(23)9-7-15/h3-10H,11-12H2,1-2H3. The highest BCUT2D eigenvalue weighted by Gasteiger charge is 2.14. The smallest absolute Gasteiger partial charge is 0.338 e. The van der Waals surface area contributed by atoms with Gasteiger partial charge in [0.25, 0.3) is 5.89 Å². The van der Waals surface area contributed by atoms with Crippen molar-refractivity contribution in [2.45, 2.75) is 27.1 Å². The predicted octanol–water partition coefficient (Wildman–Crippen LogP) is 4.93. The average Bonchev–Trinajstić information content (AvgIpc) is 3.38. The number of aryl methyl sites for hydroxylation is 2. The third-order valence-corrected chi connectivity index (χ3v) is 4.77. The van der Waals surface area contributed by atoms with E-state index in [0.717, 1.165) is 16.8 Å². The van der Waals surface area contributed by atoms with E-state index in [2.05, 4.69) is 15.4 Å². The Bertz CT molecular complexity index is 1180. The van der Waals surface area contributed by atoms with Gasteiger partial charge in [0.2, 0.25) is 5.89 Å². The molecule has 9 heteroatoms. The summed E-state index contributed by atoms with van der Waals surface area (Å²) in [5.41, 5.74) is 2.71. The van der Waals surface area contributed by atoms with Crippen LogP contribution in [0.25, 0.3) is 11.5 Å². The van der Waals surface area contributed by atoms with Crippen molar-refractivity contribution in [3.63, 3.8) is 0 Å². The monoisotopic (exact) mass is 439 g/mol. The molecule has 8 nitrogen and oxygen atoms in total. The van der Waals surface area contributed by atoms with Gasteiger partial charge in [0.15, 0.2) is 6.61 Å². The summed E-state index contributed by atoms with van der Waals surface area (Å²) in [6.45, 7) is 3.81. The molecule has 0 saturated heterocycles. The fourth-order valence-electron chi connectivity index (χ4n) is 2.81. The van der Waals surface area contributed by atoms with Crippen molar-refractivity contribution in [1.82, 2.24) is 15.4 Å². The molecule has 0 atom stereocenters. The van der Waals surface area contributed by atoms with Crippen LogP contribution in [0.1, 0.15) is 33.3 Å². The van der Waals surface area contributed by atoms with E-state index in [-0.39, 0.29) is 19.1 Å². The Balaban J connectivity index is 1.36. The zero-order valence-corrected chi connectivity index (χ0v) is 17.5. The number of rotatable bonds is 7. The van der Waals surface area contributed by atoms with E-state index < -0.39 is 5.97 Å². The van der Waals surface area contributed by atoms with Crippen LogP contribution in [-0.2, 0) is 18.0 Å². The fraction of sp³-hybridized carbons (Fsp3) is 0.182. The quantitative estimate of drug-likeness (QED) is 0.373. The third kappa shape index (κ3) is 4.92. The number of nitrogens with zero attached hydrogens (tertiary/aromatic N) is 3. The molecule has 4 aromatic rings. The lowest BCUT2D eigenvalue weighted by Gasteiger charge is -2.08. The first-order chi connectivity index (χ1) is 15.0. The first-order valence-electron chi connectivity index (χ1n) is 9.39. The molecular weight excluding hydrogens is 422 g/mol. The van der Waals surface area contributed by atoms with Gasteiger partial charge in [-0.3, -0.25) is 0 Å². The number of aromatic nitrogens is 3. The van der Waals surface area contributed by atoms with Gasteiger partial charge in [0.05, 0.1) is 16.8 Å². The van der Waals surface area contributed by atoms with Gasteiger partial charge in [-0.25, -0.2) is 4.79 Å². The Hall–Kier alpha value is -3.65. The van der Waals surface area contributed by atoms with Crippen molar-refractivity contribution < 1.29 is 23.2 Å². The van der Waals surface area contributed by atoms with E-state index in [1.54, 1.807) is 48.5 Å². The van der Waals surface area contributed by atoms with Crippen molar-refractivity contribution in [2.75, 3.05) is 0 Å². The number of halogens is 1. The average molecular weight is 440 g/mol. The van der Waals surface area contributed by atoms with Gasteiger partial charge in [0, 0.05) is 10.6 Å². The van der Waals surface area contributed by atoms with Gasteiger partial charge in [0.1, 0.15) is 18.1 Å². The first kappa shape index (κ1) is 20.6. The minimum atomic E-state index is -0.533. The molecule has 0 spiro atoms. The van der Waals surface area contributed by atoms with Gasteiger partial charge < -0.3 is 18.4 Å². The molecule has 0 unspecified atom stereocenters. The Morgan fingerprint density at radius 2 is 1.87 bits per heavy atom.